The Labute approximate surface area is 144 Å². The van der Waals surface area contributed by atoms with Crippen molar-refractivity contribution in [1.82, 2.24) is 10.7 Å². The van der Waals surface area contributed by atoms with E-state index in [4.69, 9.17) is 5.11 Å². The minimum Gasteiger partial charge on any atom is -0.478 e. The summed E-state index contributed by atoms with van der Waals surface area (Å²) in [7, 11) is 0. The maximum atomic E-state index is 10.8. The Morgan fingerprint density at radius 1 is 1.16 bits per heavy atom. The first-order valence-electron chi connectivity index (χ1n) is 7.60. The molecule has 0 aliphatic carbocycles. The van der Waals surface area contributed by atoms with Crippen LogP contribution in [0.5, 0.6) is 0 Å². The van der Waals surface area contributed by atoms with Gasteiger partial charge in [-0.25, -0.2) is 10.2 Å². The molecule has 0 aliphatic rings. The second kappa shape index (κ2) is 8.44. The summed E-state index contributed by atoms with van der Waals surface area (Å²) >= 11 is 0. The Kier molecular flexibility index (Phi) is 6.05. The monoisotopic (exact) mass is 343 g/mol. The van der Waals surface area contributed by atoms with Crippen LogP contribution >= 0.6 is 0 Å². The van der Waals surface area contributed by atoms with Crippen LogP contribution in [-0.2, 0) is 4.79 Å². The highest BCUT2D eigenvalue weighted by molar-refractivity contribution is 5.72. The van der Waals surface area contributed by atoms with Gasteiger partial charge in [0.05, 0.1) is 11.0 Å². The number of nitrogens with zero attached hydrogens (tertiary/aromatic N) is 2. The van der Waals surface area contributed by atoms with Crippen molar-refractivity contribution >= 4 is 23.7 Å². The molecule has 0 unspecified atom stereocenters. The highest BCUT2D eigenvalue weighted by atomic mass is 16.6. The molecule has 0 saturated carbocycles. The molecule has 3 N–H and O–H groups in total. The second-order valence-corrected chi connectivity index (χ2v) is 5.31. The molecule has 0 amide bonds. The van der Waals surface area contributed by atoms with E-state index in [2.05, 4.69) is 10.7 Å². The average molecular weight is 343 g/mol. The average Bonchev–Trinajstić information content (AvgIpc) is 2.61. The zero-order chi connectivity index (χ0) is 18.2. The first-order valence-corrected chi connectivity index (χ1v) is 7.60. The van der Waals surface area contributed by atoms with Gasteiger partial charge in [0, 0.05) is 12.1 Å². The number of nitro groups is 1. The van der Waals surface area contributed by atoms with Crippen molar-refractivity contribution in [3.05, 3.63) is 70.3 Å². The normalized spacial score (nSPS) is 12.3. The van der Waals surface area contributed by atoms with Gasteiger partial charge in [0.15, 0.2) is 12.2 Å². The van der Waals surface area contributed by atoms with Gasteiger partial charge in [-0.2, -0.15) is 0 Å². The lowest BCUT2D eigenvalue weighted by Gasteiger charge is -2.16. The van der Waals surface area contributed by atoms with E-state index in [-0.39, 0.29) is 18.3 Å². The molecule has 8 heteroatoms. The Hall–Kier alpha value is -3.42. The molecule has 2 aromatic rings. The van der Waals surface area contributed by atoms with Gasteiger partial charge in [-0.05, 0) is 24.6 Å². The number of nitro benzene ring substituents is 1. The molecule has 0 aliphatic heterocycles. The van der Waals surface area contributed by atoms with Crippen LogP contribution in [0.4, 0.5) is 11.4 Å². The van der Waals surface area contributed by atoms with Crippen LogP contribution in [0.3, 0.4) is 0 Å². The minimum absolute atomic E-state index is 0.0155. The summed E-state index contributed by atoms with van der Waals surface area (Å²) in [6.45, 7) is 1.71. The van der Waals surface area contributed by atoms with Crippen LogP contribution in [0, 0.1) is 10.1 Å². The number of carboxylic acid groups (broad SMARTS) is 1. The first-order chi connectivity index (χ1) is 12.0. The van der Waals surface area contributed by atoms with Crippen molar-refractivity contribution < 1.29 is 19.5 Å². The van der Waals surface area contributed by atoms with E-state index in [9.17, 15) is 14.9 Å². The third-order valence-corrected chi connectivity index (χ3v) is 3.44. The van der Waals surface area contributed by atoms with Gasteiger partial charge in [0.2, 0.25) is 0 Å². The number of benzene rings is 2. The number of non-ortho nitro benzene ring substituents is 1. The lowest BCUT2D eigenvalue weighted by Crippen LogP contribution is -2.34. The third-order valence-electron chi connectivity index (χ3n) is 3.44. The van der Waals surface area contributed by atoms with E-state index >= 15 is 0 Å². The van der Waals surface area contributed by atoms with Crippen molar-refractivity contribution in [1.29, 1.82) is 0 Å². The second-order valence-electron chi connectivity index (χ2n) is 5.31. The Bertz CT molecular complexity index is 760. The zero-order valence-corrected chi connectivity index (χ0v) is 13.6. The van der Waals surface area contributed by atoms with Crippen LogP contribution in [-0.4, -0.2) is 33.6 Å². The number of hydrazine groups is 1. The van der Waals surface area contributed by atoms with Crippen molar-refractivity contribution in [2.24, 2.45) is 0 Å². The van der Waals surface area contributed by atoms with Crippen LogP contribution in [0.1, 0.15) is 18.5 Å². The predicted molar refractivity (Wildman–Crippen MR) is 92.7 cm³/mol. The fraction of sp³-hybridized carbons (Fsp3) is 0.176. The number of rotatable bonds is 8. The quantitative estimate of drug-likeness (QED) is 0.223. The predicted octanol–water partition coefficient (Wildman–Crippen LogP) is 2.21. The number of carboxylic acids is 1. The Morgan fingerprint density at radius 3 is 2.32 bits per heavy atom. The Balaban J connectivity index is 2.23. The van der Waals surface area contributed by atoms with E-state index in [1.165, 1.54) is 18.5 Å². The molecule has 0 radical (unpaired) electrons. The topological polar surface area (TPSA) is 108 Å². The van der Waals surface area contributed by atoms with Gasteiger partial charge in [-0.3, -0.25) is 15.4 Å². The highest BCUT2D eigenvalue weighted by Gasteiger charge is 2.13. The molecule has 0 heterocycles. The SMILES string of the molecule is C[C@H](N[N+](=CNCC(=O)O)c1ccc([N+](=O)[O-])cc1)c1ccccc1. The standard InChI is InChI=1S/C17H18N4O4/c1-13(14-5-3-2-4-6-14)19-20(12-18-11-17(22)23)15-7-9-16(10-8-15)21(24)25/h2-10,12-13,19H,11H2,1H3,(H,22,23)/p+1/t13-/m0/s1. The molecule has 0 aromatic heterocycles. The number of carbonyl (C=O) groups is 1. The lowest BCUT2D eigenvalue weighted by molar-refractivity contribution is -0.512. The molecule has 130 valence electrons. The van der Waals surface area contributed by atoms with E-state index in [0.29, 0.717) is 5.69 Å². The number of nitrogens with one attached hydrogen (secondary N) is 2. The number of hydrazone groups is 1. The summed E-state index contributed by atoms with van der Waals surface area (Å²) in [4.78, 5) is 21.0. The summed E-state index contributed by atoms with van der Waals surface area (Å²) in [5.74, 6) is -0.990. The molecule has 2 aromatic carbocycles. The van der Waals surface area contributed by atoms with Crippen molar-refractivity contribution in [3.63, 3.8) is 0 Å². The van der Waals surface area contributed by atoms with Gasteiger partial charge in [0.1, 0.15) is 0 Å². The number of hydrogen-bond acceptors (Lipinski definition) is 4. The largest absolute Gasteiger partial charge is 0.478 e. The molecular weight excluding hydrogens is 324 g/mol. The summed E-state index contributed by atoms with van der Waals surface area (Å²) in [5, 5.41) is 22.2. The maximum absolute atomic E-state index is 10.8. The molecule has 0 fully saturated rings. The molecule has 8 nitrogen and oxygen atoms in total. The van der Waals surface area contributed by atoms with Gasteiger partial charge >= 0.3 is 5.97 Å². The van der Waals surface area contributed by atoms with Crippen LogP contribution in [0.2, 0.25) is 0 Å². The summed E-state index contributed by atoms with van der Waals surface area (Å²) in [6.07, 6.45) is 1.48. The minimum atomic E-state index is -0.990. The smallest absolute Gasteiger partial charge is 0.345 e. The van der Waals surface area contributed by atoms with Gasteiger partial charge < -0.3 is 5.11 Å². The lowest BCUT2D eigenvalue weighted by atomic mass is 10.1. The van der Waals surface area contributed by atoms with Crippen molar-refractivity contribution in [2.45, 2.75) is 13.0 Å². The molecule has 0 bridgehead atoms. The number of aliphatic carboxylic acids is 1. The van der Waals surface area contributed by atoms with Crippen molar-refractivity contribution in [3.8, 4) is 0 Å². The fourth-order valence-electron chi connectivity index (χ4n) is 2.17. The fourth-order valence-corrected chi connectivity index (χ4v) is 2.17. The van der Waals surface area contributed by atoms with Crippen LogP contribution in [0.25, 0.3) is 0 Å². The van der Waals surface area contributed by atoms with Crippen LogP contribution < -0.4 is 10.7 Å². The third kappa shape index (κ3) is 5.31. The summed E-state index contributed by atoms with van der Waals surface area (Å²) in [5.41, 5.74) is 4.88. The van der Waals surface area contributed by atoms with E-state index in [1.54, 1.807) is 16.8 Å². The maximum Gasteiger partial charge on any atom is 0.345 e. The molecule has 0 saturated heterocycles. The van der Waals surface area contributed by atoms with Gasteiger partial charge in [-0.1, -0.05) is 30.3 Å². The number of hydrogen-bond donors (Lipinski definition) is 3. The Morgan fingerprint density at radius 2 is 1.76 bits per heavy atom. The first kappa shape index (κ1) is 17.9. The highest BCUT2D eigenvalue weighted by Crippen LogP contribution is 2.19. The molecule has 25 heavy (non-hydrogen) atoms. The molecule has 0 spiro atoms. The molecular formula is C17H19N4O4+. The van der Waals surface area contributed by atoms with Crippen LogP contribution in [0.15, 0.2) is 54.6 Å². The zero-order valence-electron chi connectivity index (χ0n) is 13.6. The van der Waals surface area contributed by atoms with Gasteiger partial charge in [0.25, 0.3) is 12.0 Å². The van der Waals surface area contributed by atoms with E-state index in [1.807, 2.05) is 37.3 Å². The molecule has 1 atom stereocenters. The van der Waals surface area contributed by atoms with E-state index < -0.39 is 10.9 Å². The summed E-state index contributed by atoms with van der Waals surface area (Å²) < 4.78 is 1.60. The van der Waals surface area contributed by atoms with Crippen molar-refractivity contribution in [2.75, 3.05) is 6.54 Å². The van der Waals surface area contributed by atoms with Gasteiger partial charge in [-0.15, -0.1) is 4.68 Å². The van der Waals surface area contributed by atoms with E-state index in [0.717, 1.165) is 5.56 Å². The molecule has 2 rings (SSSR count). The summed E-state index contributed by atoms with van der Waals surface area (Å²) in [6, 6.07) is 15.6.